The van der Waals surface area contributed by atoms with E-state index in [-0.39, 0.29) is 36.4 Å². The Morgan fingerprint density at radius 2 is 1.94 bits per heavy atom. The van der Waals surface area contributed by atoms with Crippen LogP contribution in [0.3, 0.4) is 0 Å². The van der Waals surface area contributed by atoms with Gasteiger partial charge in [0.25, 0.3) is 0 Å². The van der Waals surface area contributed by atoms with Crippen molar-refractivity contribution in [3.8, 4) is 23.0 Å². The van der Waals surface area contributed by atoms with Crippen molar-refractivity contribution in [2.24, 2.45) is 0 Å². The number of hydrogen-bond donors (Lipinski definition) is 0. The number of aryl methyl sites for hydroxylation is 1. The second-order valence-electron chi connectivity index (χ2n) is 12.8. The molecule has 3 aliphatic heterocycles. The number of methoxy groups -OCH3 is 1. The van der Waals surface area contributed by atoms with Gasteiger partial charge in [0.2, 0.25) is 0 Å². The van der Waals surface area contributed by atoms with E-state index in [9.17, 15) is 9.18 Å². The van der Waals surface area contributed by atoms with Gasteiger partial charge >= 0.3 is 6.01 Å². The van der Waals surface area contributed by atoms with Crippen LogP contribution in [0.5, 0.6) is 11.8 Å². The number of anilines is 1. The number of Topliss-reactive ketones (excluding diaryl/α,β-unsaturated/α-hetero) is 1. The summed E-state index contributed by atoms with van der Waals surface area (Å²) in [4.78, 5) is 30.3. The van der Waals surface area contributed by atoms with E-state index in [1.807, 2.05) is 11.8 Å². The number of pyridine rings is 1. The minimum Gasteiger partial charge on any atom is -0.468 e. The average Bonchev–Trinajstić information content (AvgIpc) is 3.50. The minimum absolute atomic E-state index is 0.00745. The van der Waals surface area contributed by atoms with E-state index in [0.29, 0.717) is 90.6 Å². The number of aromatic nitrogens is 3. The Labute approximate surface area is 271 Å². The number of carbonyl (C=O) groups is 1. The maximum absolute atomic E-state index is 17.0. The van der Waals surface area contributed by atoms with Gasteiger partial charge in [-0.05, 0) is 66.8 Å². The maximum Gasteiger partial charge on any atom is 0.319 e. The predicted molar refractivity (Wildman–Crippen MR) is 172 cm³/mol. The fourth-order valence-corrected chi connectivity index (χ4v) is 7.57. The van der Waals surface area contributed by atoms with Gasteiger partial charge in [-0.3, -0.25) is 14.7 Å². The highest BCUT2D eigenvalue weighted by Crippen LogP contribution is 2.42. The molecule has 3 saturated heterocycles. The van der Waals surface area contributed by atoms with Gasteiger partial charge in [0.15, 0.2) is 12.6 Å². The van der Waals surface area contributed by atoms with Crippen LogP contribution in [0.4, 0.5) is 19.0 Å². The molecule has 9 nitrogen and oxygen atoms in total. The van der Waals surface area contributed by atoms with E-state index < -0.39 is 23.3 Å². The summed E-state index contributed by atoms with van der Waals surface area (Å²) in [5.74, 6) is -0.113. The lowest BCUT2D eigenvalue weighted by molar-refractivity contribution is -0.118. The molecule has 0 aliphatic carbocycles. The SMILES string of the molecule is CCc1c(F)ccc2cc(OCOC)cc(-c3ncc4c(N5CCCC(=O)CC5)nc(OC[C@@]56CCCN5C[C@H](F)C6)nc4c3F)c12. The number of rotatable bonds is 9. The third-order valence-electron chi connectivity index (χ3n) is 9.81. The number of fused-ring (bicyclic) bond motifs is 3. The molecule has 0 spiro atoms. The summed E-state index contributed by atoms with van der Waals surface area (Å²) >= 11 is 0. The highest BCUT2D eigenvalue weighted by Gasteiger charge is 2.49. The van der Waals surface area contributed by atoms with Gasteiger partial charge in [-0.1, -0.05) is 13.0 Å². The Balaban J connectivity index is 1.38. The highest BCUT2D eigenvalue weighted by molar-refractivity contribution is 6.02. The number of nitrogens with zero attached hydrogens (tertiary/aromatic N) is 5. The molecule has 0 amide bonds. The van der Waals surface area contributed by atoms with Crippen LogP contribution < -0.4 is 14.4 Å². The molecule has 2 atom stereocenters. The molecule has 0 unspecified atom stereocenters. The van der Waals surface area contributed by atoms with Crippen LogP contribution >= 0.6 is 0 Å². The molecule has 0 bridgehead atoms. The number of ether oxygens (including phenoxy) is 3. The number of benzene rings is 2. The molecule has 2 aromatic heterocycles. The summed E-state index contributed by atoms with van der Waals surface area (Å²) in [7, 11) is 1.50. The first-order chi connectivity index (χ1) is 22.8. The molecule has 248 valence electrons. The van der Waals surface area contributed by atoms with Crippen molar-refractivity contribution >= 4 is 33.3 Å². The van der Waals surface area contributed by atoms with Gasteiger partial charge in [0, 0.05) is 57.8 Å². The van der Waals surface area contributed by atoms with Gasteiger partial charge in [0.1, 0.15) is 47.2 Å². The lowest BCUT2D eigenvalue weighted by atomic mass is 9.94. The predicted octanol–water partition coefficient (Wildman–Crippen LogP) is 6.18. The van der Waals surface area contributed by atoms with E-state index in [1.54, 1.807) is 18.2 Å². The number of hydrogen-bond acceptors (Lipinski definition) is 9. The van der Waals surface area contributed by atoms with Crippen LogP contribution in [0.2, 0.25) is 0 Å². The van der Waals surface area contributed by atoms with E-state index in [0.717, 1.165) is 19.4 Å². The zero-order chi connectivity index (χ0) is 32.7. The van der Waals surface area contributed by atoms with Crippen LogP contribution in [-0.2, 0) is 16.0 Å². The van der Waals surface area contributed by atoms with Crippen molar-refractivity contribution in [2.75, 3.05) is 51.6 Å². The van der Waals surface area contributed by atoms with E-state index in [2.05, 4.69) is 14.9 Å². The summed E-state index contributed by atoms with van der Waals surface area (Å²) in [6.45, 7) is 4.14. The summed E-state index contributed by atoms with van der Waals surface area (Å²) in [6.07, 6.45) is 4.54. The zero-order valence-electron chi connectivity index (χ0n) is 26.7. The molecule has 7 rings (SSSR count). The first-order valence-corrected chi connectivity index (χ1v) is 16.3. The molecule has 0 saturated carbocycles. The average molecular weight is 650 g/mol. The standard InChI is InChI=1S/C35H38F3N5O4/c1-3-25-28(37)8-7-21-14-24(47-20-45-2)15-26(29(21)25)31-30(38)32-27(17-39-31)33(42-11-4-6-23(44)9-13-42)41-34(40-32)46-19-35-10-5-12-43(35)18-22(36)16-35/h7-8,14-15,17,22H,3-6,9-13,16,18-20H2,1-2H3/t22-,35+/m1/s1. The second kappa shape index (κ2) is 12.9. The van der Waals surface area contributed by atoms with Gasteiger partial charge < -0.3 is 19.1 Å². The van der Waals surface area contributed by atoms with E-state index >= 15 is 8.78 Å². The second-order valence-corrected chi connectivity index (χ2v) is 12.8. The largest absolute Gasteiger partial charge is 0.468 e. The molecule has 47 heavy (non-hydrogen) atoms. The monoisotopic (exact) mass is 649 g/mol. The van der Waals surface area contributed by atoms with Crippen molar-refractivity contribution < 1.29 is 32.2 Å². The molecule has 3 aliphatic rings. The zero-order valence-corrected chi connectivity index (χ0v) is 26.7. The summed E-state index contributed by atoms with van der Waals surface area (Å²) < 4.78 is 63.6. The molecule has 4 aromatic rings. The summed E-state index contributed by atoms with van der Waals surface area (Å²) in [5, 5.41) is 1.57. The number of ketones is 1. The normalized spacial score (nSPS) is 21.9. The molecular weight excluding hydrogens is 611 g/mol. The van der Waals surface area contributed by atoms with Crippen molar-refractivity contribution in [1.82, 2.24) is 19.9 Å². The van der Waals surface area contributed by atoms with Crippen molar-refractivity contribution in [1.29, 1.82) is 0 Å². The first-order valence-electron chi connectivity index (χ1n) is 16.3. The van der Waals surface area contributed by atoms with E-state index in [4.69, 9.17) is 19.2 Å². The summed E-state index contributed by atoms with van der Waals surface area (Å²) in [6, 6.07) is 6.41. The molecule has 0 N–H and O–H groups in total. The molecule has 12 heteroatoms. The molecule has 2 aromatic carbocycles. The van der Waals surface area contributed by atoms with Crippen LogP contribution in [0, 0.1) is 11.6 Å². The molecule has 3 fully saturated rings. The van der Waals surface area contributed by atoms with Crippen LogP contribution in [0.1, 0.15) is 51.0 Å². The van der Waals surface area contributed by atoms with Crippen molar-refractivity contribution in [2.45, 2.75) is 63.6 Å². The lowest BCUT2D eigenvalue weighted by Gasteiger charge is -2.31. The Kier molecular flexibility index (Phi) is 8.65. The number of carbonyl (C=O) groups excluding carboxylic acids is 1. The Morgan fingerprint density at radius 3 is 2.77 bits per heavy atom. The summed E-state index contributed by atoms with van der Waals surface area (Å²) in [5.41, 5.74) is 0.308. The fourth-order valence-electron chi connectivity index (χ4n) is 7.57. The number of alkyl halides is 1. The third-order valence-corrected chi connectivity index (χ3v) is 9.81. The van der Waals surface area contributed by atoms with E-state index in [1.165, 1.54) is 19.4 Å². The van der Waals surface area contributed by atoms with Gasteiger partial charge in [-0.2, -0.15) is 9.97 Å². The first kappa shape index (κ1) is 31.6. The molecular formula is C35H38F3N5O4. The van der Waals surface area contributed by atoms with Gasteiger partial charge in [0.05, 0.1) is 10.9 Å². The van der Waals surface area contributed by atoms with Gasteiger partial charge in [-0.15, -0.1) is 0 Å². The molecule has 0 radical (unpaired) electrons. The van der Waals surface area contributed by atoms with Crippen LogP contribution in [-0.4, -0.2) is 84.0 Å². The Hall–Kier alpha value is -4.03. The van der Waals surface area contributed by atoms with Crippen molar-refractivity contribution in [3.05, 3.63) is 47.7 Å². The third kappa shape index (κ3) is 5.86. The highest BCUT2D eigenvalue weighted by atomic mass is 19.1. The fraction of sp³-hybridized carbons (Fsp3) is 0.486. The lowest BCUT2D eigenvalue weighted by Crippen LogP contribution is -2.43. The maximum atomic E-state index is 17.0. The van der Waals surface area contributed by atoms with Crippen LogP contribution in [0.15, 0.2) is 30.5 Å². The van der Waals surface area contributed by atoms with Crippen LogP contribution in [0.25, 0.3) is 32.9 Å². The quantitative estimate of drug-likeness (QED) is 0.197. The Morgan fingerprint density at radius 1 is 1.06 bits per heavy atom. The van der Waals surface area contributed by atoms with Crippen molar-refractivity contribution in [3.63, 3.8) is 0 Å². The number of halogens is 3. The minimum atomic E-state index is -0.927. The van der Waals surface area contributed by atoms with Gasteiger partial charge in [-0.25, -0.2) is 13.2 Å². The topological polar surface area (TPSA) is 89.9 Å². The molecule has 5 heterocycles. The smallest absolute Gasteiger partial charge is 0.319 e. The Bertz CT molecular complexity index is 1840.